The molecule has 3 nitrogen and oxygen atoms in total. The fourth-order valence-electron chi connectivity index (χ4n) is 5.37. The fourth-order valence-corrected chi connectivity index (χ4v) is 6.02. The van der Waals surface area contributed by atoms with Crippen molar-refractivity contribution in [2.24, 2.45) is 11.3 Å². The summed E-state index contributed by atoms with van der Waals surface area (Å²) < 4.78 is 0. The van der Waals surface area contributed by atoms with Crippen LogP contribution in [0.1, 0.15) is 58.1 Å². The monoisotopic (exact) mass is 535 g/mol. The lowest BCUT2D eigenvalue weighted by Crippen LogP contribution is -2.49. The van der Waals surface area contributed by atoms with Gasteiger partial charge in [0.2, 0.25) is 0 Å². The van der Waals surface area contributed by atoms with Gasteiger partial charge in [-0.05, 0) is 99.1 Å². The van der Waals surface area contributed by atoms with Gasteiger partial charge in [0.25, 0.3) is 0 Å². The Morgan fingerprint density at radius 3 is 2.14 bits per heavy atom. The van der Waals surface area contributed by atoms with E-state index in [1.54, 1.807) is 0 Å². The van der Waals surface area contributed by atoms with E-state index in [2.05, 4.69) is 53.7 Å². The van der Waals surface area contributed by atoms with Gasteiger partial charge < -0.3 is 9.80 Å². The Hall–Kier alpha value is -0.970. The Kier molecular flexibility index (Phi) is 9.32. The van der Waals surface area contributed by atoms with Gasteiger partial charge in [0.05, 0.1) is 16.8 Å². The molecule has 0 bridgehead atoms. The summed E-state index contributed by atoms with van der Waals surface area (Å²) in [5, 5.41) is 2.15. The van der Waals surface area contributed by atoms with E-state index >= 15 is 0 Å². The van der Waals surface area contributed by atoms with Crippen LogP contribution in [0, 0.1) is 11.3 Å². The zero-order valence-corrected chi connectivity index (χ0v) is 23.7. The molecule has 0 aromatic heterocycles. The van der Waals surface area contributed by atoms with Crippen molar-refractivity contribution in [2.45, 2.75) is 52.5 Å². The molecule has 0 aliphatic carbocycles. The average Bonchev–Trinajstić information content (AvgIpc) is 2.82. The number of piperazine rings is 1. The first-order valence-corrected chi connectivity index (χ1v) is 14.2. The summed E-state index contributed by atoms with van der Waals surface area (Å²) in [6.45, 7) is 15.0. The summed E-state index contributed by atoms with van der Waals surface area (Å²) in [5.41, 5.74) is 2.76. The minimum atomic E-state index is 0.235. The summed E-state index contributed by atoms with van der Waals surface area (Å²) in [7, 11) is 0. The second-order valence-corrected chi connectivity index (χ2v) is 12.8. The third-order valence-corrected chi connectivity index (χ3v) is 8.47. The third kappa shape index (κ3) is 7.76. The molecular weight excluding hydrogens is 497 g/mol. The molecule has 2 heterocycles. The molecule has 2 fully saturated rings. The Balaban J connectivity index is 1.35. The zero-order chi connectivity index (χ0) is 25.0. The van der Waals surface area contributed by atoms with E-state index in [4.69, 9.17) is 34.8 Å². The van der Waals surface area contributed by atoms with Crippen LogP contribution in [0.5, 0.6) is 0 Å². The molecule has 2 aliphatic heterocycles. The highest BCUT2D eigenvalue weighted by molar-refractivity contribution is 6.36. The molecule has 192 valence electrons. The summed E-state index contributed by atoms with van der Waals surface area (Å²) >= 11 is 19.0. The standard InChI is InChI=1S/C29H40Cl3N3/c1-29(2,3)13-17-33-14-10-22(11-15-33)12-16-34-18-19-35(27-9-8-25(31)20-26(27)32)28(21-34)23-4-6-24(30)7-5-23/h4-9,20,22,28H,10-19,21H2,1-3H3. The van der Waals surface area contributed by atoms with Crippen LogP contribution in [-0.4, -0.2) is 55.6 Å². The highest BCUT2D eigenvalue weighted by atomic mass is 35.5. The van der Waals surface area contributed by atoms with E-state index in [0.717, 1.165) is 36.3 Å². The van der Waals surface area contributed by atoms with Crippen LogP contribution < -0.4 is 4.90 Å². The Labute approximate surface area is 227 Å². The molecule has 2 aromatic rings. The smallest absolute Gasteiger partial charge is 0.0670 e. The van der Waals surface area contributed by atoms with Gasteiger partial charge in [-0.1, -0.05) is 67.7 Å². The molecule has 1 atom stereocenters. The number of rotatable bonds is 7. The van der Waals surface area contributed by atoms with Crippen molar-refractivity contribution >= 4 is 40.5 Å². The number of anilines is 1. The Morgan fingerprint density at radius 2 is 1.49 bits per heavy atom. The second kappa shape index (κ2) is 12.0. The zero-order valence-electron chi connectivity index (χ0n) is 21.4. The van der Waals surface area contributed by atoms with Crippen molar-refractivity contribution in [3.63, 3.8) is 0 Å². The molecule has 2 aromatic carbocycles. The molecule has 0 amide bonds. The topological polar surface area (TPSA) is 9.72 Å². The van der Waals surface area contributed by atoms with Gasteiger partial charge in [0.15, 0.2) is 0 Å². The number of benzene rings is 2. The van der Waals surface area contributed by atoms with Crippen molar-refractivity contribution in [2.75, 3.05) is 50.7 Å². The second-order valence-electron chi connectivity index (χ2n) is 11.5. The Bertz CT molecular complexity index is 949. The van der Waals surface area contributed by atoms with Gasteiger partial charge in [-0.2, -0.15) is 0 Å². The first-order chi connectivity index (χ1) is 16.7. The molecule has 1 unspecified atom stereocenters. The van der Waals surface area contributed by atoms with E-state index in [9.17, 15) is 0 Å². The highest BCUT2D eigenvalue weighted by Crippen LogP contribution is 2.37. The van der Waals surface area contributed by atoms with Crippen LogP contribution in [0.2, 0.25) is 15.1 Å². The number of nitrogens with zero attached hydrogens (tertiary/aromatic N) is 3. The summed E-state index contributed by atoms with van der Waals surface area (Å²) in [5.74, 6) is 0.846. The maximum Gasteiger partial charge on any atom is 0.0670 e. The van der Waals surface area contributed by atoms with E-state index in [-0.39, 0.29) is 6.04 Å². The van der Waals surface area contributed by atoms with Gasteiger partial charge in [-0.3, -0.25) is 4.90 Å². The summed E-state index contributed by atoms with van der Waals surface area (Å²) in [6.07, 6.45) is 5.25. The molecule has 4 rings (SSSR count). The first kappa shape index (κ1) is 27.1. The van der Waals surface area contributed by atoms with E-state index in [0.29, 0.717) is 15.5 Å². The van der Waals surface area contributed by atoms with E-state index in [1.165, 1.54) is 57.4 Å². The van der Waals surface area contributed by atoms with Gasteiger partial charge in [-0.25, -0.2) is 0 Å². The minimum absolute atomic E-state index is 0.235. The van der Waals surface area contributed by atoms with Crippen molar-refractivity contribution in [1.29, 1.82) is 0 Å². The molecular formula is C29H40Cl3N3. The molecule has 0 radical (unpaired) electrons. The van der Waals surface area contributed by atoms with Crippen LogP contribution in [0.25, 0.3) is 0 Å². The predicted molar refractivity (Wildman–Crippen MR) is 152 cm³/mol. The van der Waals surface area contributed by atoms with Gasteiger partial charge in [0, 0.05) is 29.7 Å². The summed E-state index contributed by atoms with van der Waals surface area (Å²) in [6, 6.07) is 14.4. The lowest BCUT2D eigenvalue weighted by molar-refractivity contribution is 0.143. The predicted octanol–water partition coefficient (Wildman–Crippen LogP) is 8.05. The number of likely N-dealkylation sites (tertiary alicyclic amines) is 1. The number of hydrogen-bond acceptors (Lipinski definition) is 3. The van der Waals surface area contributed by atoms with Crippen LogP contribution in [-0.2, 0) is 0 Å². The number of piperidine rings is 1. The third-order valence-electron chi connectivity index (χ3n) is 7.68. The van der Waals surface area contributed by atoms with Crippen LogP contribution in [0.4, 0.5) is 5.69 Å². The van der Waals surface area contributed by atoms with Crippen molar-refractivity contribution in [3.05, 3.63) is 63.1 Å². The van der Waals surface area contributed by atoms with E-state index in [1.807, 2.05) is 24.3 Å². The van der Waals surface area contributed by atoms with Gasteiger partial charge >= 0.3 is 0 Å². The van der Waals surface area contributed by atoms with E-state index < -0.39 is 0 Å². The molecule has 35 heavy (non-hydrogen) atoms. The molecule has 0 N–H and O–H groups in total. The molecule has 2 aliphatic rings. The van der Waals surface area contributed by atoms with Gasteiger partial charge in [0.1, 0.15) is 0 Å². The van der Waals surface area contributed by atoms with Crippen molar-refractivity contribution in [3.8, 4) is 0 Å². The maximum absolute atomic E-state index is 6.63. The van der Waals surface area contributed by atoms with Crippen LogP contribution in [0.15, 0.2) is 42.5 Å². The lowest BCUT2D eigenvalue weighted by Gasteiger charge is -2.44. The SMILES string of the molecule is CC(C)(C)CCN1CCC(CCN2CCN(c3ccc(Cl)cc3Cl)C(c3ccc(Cl)cc3)C2)CC1. The largest absolute Gasteiger partial charge is 0.361 e. The highest BCUT2D eigenvalue weighted by Gasteiger charge is 2.30. The van der Waals surface area contributed by atoms with Crippen LogP contribution >= 0.6 is 34.8 Å². The quantitative estimate of drug-likeness (QED) is 0.354. The molecule has 0 saturated carbocycles. The normalized spacial score (nSPS) is 21.0. The minimum Gasteiger partial charge on any atom is -0.361 e. The first-order valence-electron chi connectivity index (χ1n) is 13.1. The summed E-state index contributed by atoms with van der Waals surface area (Å²) in [4.78, 5) is 7.75. The molecule has 0 spiro atoms. The fraction of sp³-hybridized carbons (Fsp3) is 0.586. The molecule has 2 saturated heterocycles. The number of halogens is 3. The van der Waals surface area contributed by atoms with Crippen LogP contribution in [0.3, 0.4) is 0 Å². The molecule has 6 heteroatoms. The number of hydrogen-bond donors (Lipinski definition) is 0. The maximum atomic E-state index is 6.63. The average molecular weight is 537 g/mol. The van der Waals surface area contributed by atoms with Gasteiger partial charge in [-0.15, -0.1) is 0 Å². The Morgan fingerprint density at radius 1 is 0.800 bits per heavy atom. The van der Waals surface area contributed by atoms with Crippen molar-refractivity contribution < 1.29 is 0 Å². The lowest BCUT2D eigenvalue weighted by atomic mass is 9.90. The van der Waals surface area contributed by atoms with Crippen molar-refractivity contribution in [1.82, 2.24) is 9.80 Å².